The van der Waals surface area contributed by atoms with Crippen molar-refractivity contribution < 1.29 is 13.2 Å². The van der Waals surface area contributed by atoms with Gasteiger partial charge in [-0.1, -0.05) is 61.9 Å². The van der Waals surface area contributed by atoms with Crippen molar-refractivity contribution in [2.45, 2.75) is 39.2 Å². The lowest BCUT2D eigenvalue weighted by atomic mass is 10.0. The van der Waals surface area contributed by atoms with E-state index in [1.807, 2.05) is 63.2 Å². The third-order valence-corrected chi connectivity index (χ3v) is 5.75. The summed E-state index contributed by atoms with van der Waals surface area (Å²) >= 11 is 0. The second-order valence-electron chi connectivity index (χ2n) is 6.88. The Morgan fingerprint density at radius 2 is 1.67 bits per heavy atom. The molecule has 0 fully saturated rings. The van der Waals surface area contributed by atoms with E-state index in [0.29, 0.717) is 18.7 Å². The van der Waals surface area contributed by atoms with E-state index in [0.717, 1.165) is 17.4 Å². The number of benzene rings is 2. The summed E-state index contributed by atoms with van der Waals surface area (Å²) in [6.45, 7) is 6.23. The van der Waals surface area contributed by atoms with Crippen LogP contribution < -0.4 is 9.62 Å². The largest absolute Gasteiger partial charge is 0.354 e. The molecule has 0 bridgehead atoms. The van der Waals surface area contributed by atoms with Crippen LogP contribution in [0.5, 0.6) is 0 Å². The van der Waals surface area contributed by atoms with Crippen LogP contribution in [-0.2, 0) is 14.8 Å². The molecule has 0 aliphatic rings. The number of anilines is 1. The van der Waals surface area contributed by atoms with Crippen LogP contribution in [0.3, 0.4) is 0 Å². The van der Waals surface area contributed by atoms with Gasteiger partial charge in [0, 0.05) is 6.54 Å². The Balaban J connectivity index is 2.18. The van der Waals surface area contributed by atoms with Crippen molar-refractivity contribution in [1.29, 1.82) is 0 Å². The maximum atomic E-state index is 12.8. The van der Waals surface area contributed by atoms with E-state index in [4.69, 9.17) is 0 Å². The molecule has 0 saturated carbocycles. The van der Waals surface area contributed by atoms with E-state index < -0.39 is 16.1 Å². The van der Waals surface area contributed by atoms with Crippen LogP contribution >= 0.6 is 0 Å². The molecular weight excluding hydrogens is 360 g/mol. The number of nitrogens with one attached hydrogen (secondary N) is 1. The summed E-state index contributed by atoms with van der Waals surface area (Å²) < 4.78 is 26.1. The number of carbonyl (C=O) groups excluding carboxylic acids is 1. The summed E-state index contributed by atoms with van der Waals surface area (Å²) in [4.78, 5) is 12.8. The molecule has 2 aromatic carbocycles. The topological polar surface area (TPSA) is 66.5 Å². The number of amides is 1. The lowest BCUT2D eigenvalue weighted by molar-refractivity contribution is -0.122. The molecule has 0 aromatic heterocycles. The third-order valence-electron chi connectivity index (χ3n) is 4.57. The van der Waals surface area contributed by atoms with E-state index in [1.165, 1.54) is 4.31 Å². The summed E-state index contributed by atoms with van der Waals surface area (Å²) in [5.41, 5.74) is 2.66. The first-order valence-corrected chi connectivity index (χ1v) is 11.0. The maximum absolute atomic E-state index is 12.8. The highest BCUT2D eigenvalue weighted by Gasteiger charge is 2.31. The van der Waals surface area contributed by atoms with Gasteiger partial charge in [-0.05, 0) is 37.0 Å². The second kappa shape index (κ2) is 9.04. The van der Waals surface area contributed by atoms with Gasteiger partial charge in [-0.3, -0.25) is 9.10 Å². The quantitative estimate of drug-likeness (QED) is 0.753. The van der Waals surface area contributed by atoms with Gasteiger partial charge >= 0.3 is 0 Å². The summed E-state index contributed by atoms with van der Waals surface area (Å²) in [7, 11) is -3.61. The number of nitrogens with zero attached hydrogens (tertiary/aromatic N) is 1. The fraction of sp³-hybridized carbons (Fsp3) is 0.381. The van der Waals surface area contributed by atoms with Crippen LogP contribution in [0.1, 0.15) is 37.3 Å². The predicted molar refractivity (Wildman–Crippen MR) is 110 cm³/mol. The monoisotopic (exact) mass is 388 g/mol. The Kier molecular flexibility index (Phi) is 7.02. The van der Waals surface area contributed by atoms with Crippen LogP contribution in [0.15, 0.2) is 54.6 Å². The zero-order valence-corrected chi connectivity index (χ0v) is 17.2. The van der Waals surface area contributed by atoms with E-state index in [1.54, 1.807) is 12.1 Å². The van der Waals surface area contributed by atoms with Gasteiger partial charge in [-0.2, -0.15) is 0 Å². The summed E-state index contributed by atoms with van der Waals surface area (Å²) in [6.07, 6.45) is 1.52. The highest BCUT2D eigenvalue weighted by molar-refractivity contribution is 7.92. The summed E-state index contributed by atoms with van der Waals surface area (Å²) in [6, 6.07) is 16.3. The lowest BCUT2D eigenvalue weighted by Gasteiger charge is -2.30. The predicted octanol–water partition coefficient (Wildman–Crippen LogP) is 3.46. The lowest BCUT2D eigenvalue weighted by Crippen LogP contribution is -2.49. The van der Waals surface area contributed by atoms with Crippen molar-refractivity contribution in [2.75, 3.05) is 17.1 Å². The van der Waals surface area contributed by atoms with E-state index in [-0.39, 0.29) is 11.8 Å². The average Bonchev–Trinajstić information content (AvgIpc) is 2.64. The highest BCUT2D eigenvalue weighted by Crippen LogP contribution is 2.23. The van der Waals surface area contributed by atoms with Gasteiger partial charge in [-0.15, -0.1) is 0 Å². The van der Waals surface area contributed by atoms with Crippen molar-refractivity contribution in [1.82, 2.24) is 5.32 Å². The molecule has 2 aromatic rings. The minimum absolute atomic E-state index is 0.138. The molecule has 0 radical (unpaired) electrons. The highest BCUT2D eigenvalue weighted by atomic mass is 32.2. The Hall–Kier alpha value is -2.34. The molecule has 1 N–H and O–H groups in total. The van der Waals surface area contributed by atoms with Crippen molar-refractivity contribution in [3.8, 4) is 0 Å². The molecule has 5 nitrogen and oxygen atoms in total. The zero-order valence-electron chi connectivity index (χ0n) is 16.3. The summed E-state index contributed by atoms with van der Waals surface area (Å²) in [5.74, 6) is -0.148. The van der Waals surface area contributed by atoms with E-state index in [2.05, 4.69) is 5.32 Å². The Labute approximate surface area is 162 Å². The molecule has 27 heavy (non-hydrogen) atoms. The first kappa shape index (κ1) is 21.0. The number of hydrogen-bond acceptors (Lipinski definition) is 3. The van der Waals surface area contributed by atoms with Crippen molar-refractivity contribution in [2.24, 2.45) is 0 Å². The molecule has 0 heterocycles. The van der Waals surface area contributed by atoms with Gasteiger partial charge in [0.2, 0.25) is 15.9 Å². The fourth-order valence-corrected chi connectivity index (χ4v) is 4.23. The zero-order chi connectivity index (χ0) is 20.0. The molecule has 2 rings (SSSR count). The fourth-order valence-electron chi connectivity index (χ4n) is 3.02. The summed E-state index contributed by atoms with van der Waals surface area (Å²) in [5, 5.41) is 2.92. The number of sulfonamides is 1. The Bertz CT molecular complexity index is 849. The Morgan fingerprint density at radius 3 is 2.19 bits per heavy atom. The van der Waals surface area contributed by atoms with Crippen molar-refractivity contribution in [3.05, 3.63) is 65.7 Å². The molecule has 2 unspecified atom stereocenters. The first-order valence-electron chi connectivity index (χ1n) is 9.12. The molecule has 0 aliphatic heterocycles. The number of carbonyl (C=O) groups is 1. The number of aryl methyl sites for hydroxylation is 1. The molecule has 146 valence electrons. The van der Waals surface area contributed by atoms with E-state index >= 15 is 0 Å². The molecule has 0 saturated heterocycles. The minimum atomic E-state index is -3.61. The van der Waals surface area contributed by atoms with Gasteiger partial charge in [0.05, 0.1) is 11.9 Å². The van der Waals surface area contributed by atoms with Gasteiger partial charge < -0.3 is 5.32 Å². The first-order chi connectivity index (χ1) is 12.7. The number of hydrogen-bond donors (Lipinski definition) is 1. The molecule has 1 amide bonds. The van der Waals surface area contributed by atoms with Crippen LogP contribution in [-0.4, -0.2) is 33.2 Å². The second-order valence-corrected chi connectivity index (χ2v) is 8.73. The van der Waals surface area contributed by atoms with Crippen LogP contribution in [0, 0.1) is 6.92 Å². The SMILES string of the molecule is CCC(C(=O)NCC(C)c1ccccc1)N(c1ccc(C)cc1)S(C)(=O)=O. The molecule has 6 heteroatoms. The van der Waals surface area contributed by atoms with Gasteiger partial charge in [-0.25, -0.2) is 8.42 Å². The van der Waals surface area contributed by atoms with Crippen LogP contribution in [0.25, 0.3) is 0 Å². The molecule has 0 spiro atoms. The average molecular weight is 389 g/mol. The smallest absolute Gasteiger partial charge is 0.243 e. The van der Waals surface area contributed by atoms with Gasteiger partial charge in [0.25, 0.3) is 0 Å². The molecular formula is C21H28N2O3S. The third kappa shape index (κ3) is 5.57. The molecule has 2 atom stereocenters. The molecule has 0 aliphatic carbocycles. The van der Waals surface area contributed by atoms with Crippen LogP contribution in [0.4, 0.5) is 5.69 Å². The minimum Gasteiger partial charge on any atom is -0.354 e. The normalized spacial score (nSPS) is 13.6. The standard InChI is InChI=1S/C21H28N2O3S/c1-5-20(21(24)22-15-17(3)18-9-7-6-8-10-18)23(27(4,25)26)19-13-11-16(2)12-14-19/h6-14,17,20H,5,15H2,1-4H3,(H,22,24). The van der Waals surface area contributed by atoms with Crippen LogP contribution in [0.2, 0.25) is 0 Å². The van der Waals surface area contributed by atoms with Crippen molar-refractivity contribution >= 4 is 21.6 Å². The number of rotatable bonds is 8. The van der Waals surface area contributed by atoms with Gasteiger partial charge in [0.1, 0.15) is 6.04 Å². The maximum Gasteiger partial charge on any atom is 0.243 e. The Morgan fingerprint density at radius 1 is 1.07 bits per heavy atom. The van der Waals surface area contributed by atoms with E-state index in [9.17, 15) is 13.2 Å². The van der Waals surface area contributed by atoms with Crippen molar-refractivity contribution in [3.63, 3.8) is 0 Å². The van der Waals surface area contributed by atoms with Gasteiger partial charge in [0.15, 0.2) is 0 Å².